The predicted octanol–water partition coefficient (Wildman–Crippen LogP) is 3.25. The standard InChI is InChI=1S/C17H19BO3/c1-17(2)12-19-18(20-13-17)14-8-10-16(11-9-14)21-15-6-4-3-5-7-15/h3-11H,12-13H2,1-2H3. The molecule has 21 heavy (non-hydrogen) atoms. The quantitative estimate of drug-likeness (QED) is 0.809. The Morgan fingerprint density at radius 1 is 0.857 bits per heavy atom. The molecule has 0 radical (unpaired) electrons. The summed E-state index contributed by atoms with van der Waals surface area (Å²) in [6.45, 7) is 5.69. The van der Waals surface area contributed by atoms with E-state index in [9.17, 15) is 0 Å². The Balaban J connectivity index is 1.65. The SMILES string of the molecule is CC1(C)COB(c2ccc(Oc3ccccc3)cc2)OC1. The highest BCUT2D eigenvalue weighted by Gasteiger charge is 2.33. The van der Waals surface area contributed by atoms with E-state index in [4.69, 9.17) is 14.0 Å². The topological polar surface area (TPSA) is 27.7 Å². The van der Waals surface area contributed by atoms with Crippen LogP contribution in [0.4, 0.5) is 0 Å². The molecule has 4 heteroatoms. The molecule has 0 aliphatic carbocycles. The average molecular weight is 282 g/mol. The first-order chi connectivity index (χ1) is 10.1. The lowest BCUT2D eigenvalue weighted by Crippen LogP contribution is -2.47. The van der Waals surface area contributed by atoms with E-state index >= 15 is 0 Å². The van der Waals surface area contributed by atoms with Crippen LogP contribution in [0.15, 0.2) is 54.6 Å². The van der Waals surface area contributed by atoms with Crippen molar-refractivity contribution in [3.8, 4) is 11.5 Å². The van der Waals surface area contributed by atoms with Crippen LogP contribution in [0, 0.1) is 5.41 Å². The highest BCUT2D eigenvalue weighted by molar-refractivity contribution is 6.61. The zero-order chi connectivity index (χ0) is 14.7. The molecule has 1 aliphatic heterocycles. The van der Waals surface area contributed by atoms with Crippen LogP contribution in [0.1, 0.15) is 13.8 Å². The van der Waals surface area contributed by atoms with Gasteiger partial charge >= 0.3 is 7.12 Å². The molecule has 1 heterocycles. The minimum Gasteiger partial charge on any atom is -0.457 e. The van der Waals surface area contributed by atoms with Gasteiger partial charge in [-0.2, -0.15) is 0 Å². The van der Waals surface area contributed by atoms with Gasteiger partial charge in [0.05, 0.1) is 0 Å². The van der Waals surface area contributed by atoms with Crippen LogP contribution in [-0.2, 0) is 9.31 Å². The zero-order valence-electron chi connectivity index (χ0n) is 12.4. The summed E-state index contributed by atoms with van der Waals surface area (Å²) in [5, 5.41) is 0. The number of ether oxygens (including phenoxy) is 1. The van der Waals surface area contributed by atoms with Crippen LogP contribution in [0.3, 0.4) is 0 Å². The van der Waals surface area contributed by atoms with Gasteiger partial charge in [0.1, 0.15) is 11.5 Å². The van der Waals surface area contributed by atoms with E-state index in [-0.39, 0.29) is 12.5 Å². The van der Waals surface area contributed by atoms with Crippen molar-refractivity contribution >= 4 is 12.6 Å². The molecule has 0 amide bonds. The first kappa shape index (κ1) is 14.2. The molecule has 0 atom stereocenters. The summed E-state index contributed by atoms with van der Waals surface area (Å²) in [5.74, 6) is 1.64. The Hall–Kier alpha value is -1.78. The van der Waals surface area contributed by atoms with E-state index in [0.29, 0.717) is 13.2 Å². The smallest absolute Gasteiger partial charge is 0.457 e. The Bertz CT molecular complexity index is 571. The van der Waals surface area contributed by atoms with Crippen molar-refractivity contribution in [3.63, 3.8) is 0 Å². The van der Waals surface area contributed by atoms with Gasteiger partial charge in [0.2, 0.25) is 0 Å². The van der Waals surface area contributed by atoms with Crippen LogP contribution in [0.25, 0.3) is 0 Å². The summed E-state index contributed by atoms with van der Waals surface area (Å²) in [6.07, 6.45) is 0. The van der Waals surface area contributed by atoms with Crippen LogP contribution in [0.2, 0.25) is 0 Å². The summed E-state index contributed by atoms with van der Waals surface area (Å²) < 4.78 is 17.3. The summed E-state index contributed by atoms with van der Waals surface area (Å²) in [4.78, 5) is 0. The molecule has 2 aromatic carbocycles. The molecule has 1 aliphatic rings. The molecule has 2 aromatic rings. The molecule has 0 saturated carbocycles. The molecule has 0 aromatic heterocycles. The maximum atomic E-state index is 5.77. The Morgan fingerprint density at radius 2 is 1.43 bits per heavy atom. The Labute approximate surface area is 126 Å². The molecule has 0 unspecified atom stereocenters. The summed E-state index contributed by atoms with van der Waals surface area (Å²) in [7, 11) is -0.274. The average Bonchev–Trinajstić information content (AvgIpc) is 2.49. The van der Waals surface area contributed by atoms with Gasteiger partial charge in [0.25, 0.3) is 0 Å². The van der Waals surface area contributed by atoms with E-state index in [1.165, 1.54) is 0 Å². The third-order valence-electron chi connectivity index (χ3n) is 3.38. The van der Waals surface area contributed by atoms with Gasteiger partial charge < -0.3 is 14.0 Å². The molecule has 108 valence electrons. The second kappa shape index (κ2) is 5.92. The third-order valence-corrected chi connectivity index (χ3v) is 3.38. The lowest BCUT2D eigenvalue weighted by atomic mass is 9.76. The molecule has 1 fully saturated rings. The number of para-hydroxylation sites is 1. The number of rotatable bonds is 3. The van der Waals surface area contributed by atoms with E-state index in [2.05, 4.69) is 13.8 Å². The summed E-state index contributed by atoms with van der Waals surface area (Å²) in [5.41, 5.74) is 1.11. The molecule has 3 nitrogen and oxygen atoms in total. The van der Waals surface area contributed by atoms with Crippen molar-refractivity contribution < 1.29 is 14.0 Å². The molecule has 0 bridgehead atoms. The van der Waals surface area contributed by atoms with Crippen molar-refractivity contribution in [2.24, 2.45) is 5.41 Å². The van der Waals surface area contributed by atoms with Crippen molar-refractivity contribution in [2.75, 3.05) is 13.2 Å². The predicted molar refractivity (Wildman–Crippen MR) is 84.0 cm³/mol. The van der Waals surface area contributed by atoms with Gasteiger partial charge in [-0.05, 0) is 29.7 Å². The minimum atomic E-state index is -0.274. The Kier molecular flexibility index (Phi) is 4.00. The van der Waals surface area contributed by atoms with Crippen LogP contribution >= 0.6 is 0 Å². The zero-order valence-corrected chi connectivity index (χ0v) is 12.4. The highest BCUT2D eigenvalue weighted by atomic mass is 16.6. The van der Waals surface area contributed by atoms with E-state index in [0.717, 1.165) is 17.0 Å². The number of benzene rings is 2. The second-order valence-electron chi connectivity index (χ2n) is 6.10. The number of hydrogen-bond acceptors (Lipinski definition) is 3. The molecular weight excluding hydrogens is 263 g/mol. The lowest BCUT2D eigenvalue weighted by Gasteiger charge is -2.33. The van der Waals surface area contributed by atoms with Gasteiger partial charge in [-0.25, -0.2) is 0 Å². The van der Waals surface area contributed by atoms with Crippen molar-refractivity contribution in [2.45, 2.75) is 13.8 Å². The van der Waals surface area contributed by atoms with E-state index < -0.39 is 0 Å². The van der Waals surface area contributed by atoms with Gasteiger partial charge in [0, 0.05) is 18.6 Å². The molecule has 1 saturated heterocycles. The third kappa shape index (κ3) is 3.66. The van der Waals surface area contributed by atoms with Crippen molar-refractivity contribution in [1.29, 1.82) is 0 Å². The van der Waals surface area contributed by atoms with Crippen LogP contribution in [-0.4, -0.2) is 20.3 Å². The summed E-state index contributed by atoms with van der Waals surface area (Å²) >= 11 is 0. The van der Waals surface area contributed by atoms with Crippen LogP contribution in [0.5, 0.6) is 11.5 Å². The van der Waals surface area contributed by atoms with Gasteiger partial charge in [0.15, 0.2) is 0 Å². The fourth-order valence-corrected chi connectivity index (χ4v) is 2.20. The first-order valence-electron chi connectivity index (χ1n) is 7.18. The maximum Gasteiger partial charge on any atom is 0.493 e. The maximum absolute atomic E-state index is 5.77. The van der Waals surface area contributed by atoms with Gasteiger partial charge in [-0.15, -0.1) is 0 Å². The normalized spacial score (nSPS) is 17.5. The fourth-order valence-electron chi connectivity index (χ4n) is 2.20. The van der Waals surface area contributed by atoms with Gasteiger partial charge in [-0.1, -0.05) is 44.2 Å². The molecule has 0 N–H and O–H groups in total. The van der Waals surface area contributed by atoms with Gasteiger partial charge in [-0.3, -0.25) is 0 Å². The Morgan fingerprint density at radius 3 is 2.05 bits per heavy atom. The van der Waals surface area contributed by atoms with Crippen molar-refractivity contribution in [1.82, 2.24) is 0 Å². The van der Waals surface area contributed by atoms with Crippen LogP contribution < -0.4 is 10.2 Å². The highest BCUT2D eigenvalue weighted by Crippen LogP contribution is 2.23. The molecular formula is C17H19BO3. The van der Waals surface area contributed by atoms with E-state index in [1.807, 2.05) is 54.6 Å². The molecule has 3 rings (SSSR count). The second-order valence-corrected chi connectivity index (χ2v) is 6.10. The largest absolute Gasteiger partial charge is 0.493 e. The van der Waals surface area contributed by atoms with Crippen molar-refractivity contribution in [3.05, 3.63) is 54.6 Å². The lowest BCUT2D eigenvalue weighted by molar-refractivity contribution is 0.0343. The minimum absolute atomic E-state index is 0.0901. The monoisotopic (exact) mass is 282 g/mol. The molecule has 0 spiro atoms. The first-order valence-corrected chi connectivity index (χ1v) is 7.18. The fraction of sp³-hybridized carbons (Fsp3) is 0.294. The summed E-state index contributed by atoms with van der Waals surface area (Å²) in [6, 6.07) is 17.6. The van der Waals surface area contributed by atoms with E-state index in [1.54, 1.807) is 0 Å². The number of hydrogen-bond donors (Lipinski definition) is 0.